The first kappa shape index (κ1) is 22.5. The molecule has 1 aromatic carbocycles. The quantitative estimate of drug-likeness (QED) is 0.513. The minimum absolute atomic E-state index is 0.0682. The Morgan fingerprint density at radius 2 is 2.07 bits per heavy atom. The van der Waals surface area contributed by atoms with Gasteiger partial charge in [0.2, 0.25) is 5.91 Å². The Kier molecular flexibility index (Phi) is 8.01. The highest BCUT2D eigenvalue weighted by Crippen LogP contribution is 2.14. The Bertz CT molecular complexity index is 955. The molecule has 0 unspecified atom stereocenters. The molecule has 0 saturated carbocycles. The summed E-state index contributed by atoms with van der Waals surface area (Å²) in [5, 5.41) is 9.56. The van der Waals surface area contributed by atoms with Crippen molar-refractivity contribution in [1.29, 1.82) is 0 Å². The van der Waals surface area contributed by atoms with Gasteiger partial charge in [0.25, 0.3) is 0 Å². The fraction of sp³-hybridized carbons (Fsp3) is 0.429. The lowest BCUT2D eigenvalue weighted by molar-refractivity contribution is -0.129. The highest BCUT2D eigenvalue weighted by atomic mass is 32.2. The summed E-state index contributed by atoms with van der Waals surface area (Å²) in [6.07, 6.45) is 1.79. The lowest BCUT2D eigenvalue weighted by atomic mass is 10.1. The van der Waals surface area contributed by atoms with E-state index < -0.39 is 9.84 Å². The van der Waals surface area contributed by atoms with E-state index in [9.17, 15) is 13.2 Å². The molecule has 1 aliphatic heterocycles. The normalized spacial score (nSPS) is 13.7. The molecule has 0 saturated heterocycles. The van der Waals surface area contributed by atoms with Crippen LogP contribution in [0.15, 0.2) is 51.0 Å². The fourth-order valence-electron chi connectivity index (χ4n) is 3.12. The van der Waals surface area contributed by atoms with E-state index in [0.717, 1.165) is 30.9 Å². The van der Waals surface area contributed by atoms with E-state index in [4.69, 9.17) is 0 Å². The molecule has 2 N–H and O–H groups in total. The van der Waals surface area contributed by atoms with Crippen LogP contribution in [0.2, 0.25) is 0 Å². The Morgan fingerprint density at radius 3 is 2.73 bits per heavy atom. The number of amides is 1. The Balaban J connectivity index is 1.33. The number of hydrogen-bond donors (Lipinski definition) is 2. The van der Waals surface area contributed by atoms with Gasteiger partial charge >= 0.3 is 0 Å². The summed E-state index contributed by atoms with van der Waals surface area (Å²) in [6, 6.07) is 9.88. The van der Waals surface area contributed by atoms with Gasteiger partial charge in [-0.15, -0.1) is 0 Å². The maximum Gasteiger partial charge on any atom is 0.222 e. The van der Waals surface area contributed by atoms with Crippen molar-refractivity contribution in [1.82, 2.24) is 15.5 Å². The molecule has 1 aromatic heterocycles. The summed E-state index contributed by atoms with van der Waals surface area (Å²) < 4.78 is 24.1. The zero-order valence-corrected chi connectivity index (χ0v) is 18.8. The zero-order chi connectivity index (χ0) is 21.4. The van der Waals surface area contributed by atoms with Crippen molar-refractivity contribution < 1.29 is 13.2 Å². The lowest BCUT2D eigenvalue weighted by Crippen LogP contribution is -2.30. The van der Waals surface area contributed by atoms with Crippen LogP contribution in [-0.4, -0.2) is 64.2 Å². The number of rotatable bonds is 11. The van der Waals surface area contributed by atoms with Gasteiger partial charge in [-0.25, -0.2) is 8.42 Å². The minimum atomic E-state index is -3.29. The third-order valence-electron chi connectivity index (χ3n) is 4.95. The number of benzene rings is 1. The summed E-state index contributed by atoms with van der Waals surface area (Å²) in [4.78, 5) is 18.8. The third-order valence-corrected chi connectivity index (χ3v) is 7.34. The van der Waals surface area contributed by atoms with Gasteiger partial charge in [-0.3, -0.25) is 9.79 Å². The largest absolute Gasteiger partial charge is 0.368 e. The number of carbonyl (C=O) groups excluding carboxylic acids is 1. The van der Waals surface area contributed by atoms with Crippen molar-refractivity contribution in [3.05, 3.63) is 52.2 Å². The Labute approximate surface area is 182 Å². The van der Waals surface area contributed by atoms with Crippen molar-refractivity contribution in [3.8, 4) is 0 Å². The molecule has 3 rings (SSSR count). The zero-order valence-electron chi connectivity index (χ0n) is 17.1. The molecule has 0 fully saturated rings. The second-order valence-corrected chi connectivity index (χ2v) is 10.0. The van der Waals surface area contributed by atoms with E-state index in [0.29, 0.717) is 30.8 Å². The monoisotopic (exact) mass is 448 g/mol. The predicted octanol–water partition coefficient (Wildman–Crippen LogP) is 1.90. The molecule has 9 heteroatoms. The van der Waals surface area contributed by atoms with Gasteiger partial charge in [0.05, 0.1) is 11.4 Å². The van der Waals surface area contributed by atoms with E-state index in [1.807, 2.05) is 7.05 Å². The van der Waals surface area contributed by atoms with Crippen molar-refractivity contribution in [3.63, 3.8) is 0 Å². The predicted molar refractivity (Wildman–Crippen MR) is 121 cm³/mol. The molecule has 1 aliphatic rings. The van der Waals surface area contributed by atoms with Crippen molar-refractivity contribution >= 4 is 32.9 Å². The number of thiophene rings is 1. The van der Waals surface area contributed by atoms with Gasteiger partial charge in [-0.2, -0.15) is 11.3 Å². The number of amidine groups is 1. The van der Waals surface area contributed by atoms with Gasteiger partial charge in [-0.05, 0) is 36.4 Å². The molecule has 30 heavy (non-hydrogen) atoms. The molecule has 7 nitrogen and oxygen atoms in total. The molecule has 0 spiro atoms. The third kappa shape index (κ3) is 6.38. The van der Waals surface area contributed by atoms with E-state index >= 15 is 0 Å². The number of likely N-dealkylation sites (N-methyl/N-ethyl adjacent to an activating group) is 1. The Morgan fingerprint density at radius 1 is 1.27 bits per heavy atom. The summed E-state index contributed by atoms with van der Waals surface area (Å²) in [6.45, 7) is 2.85. The van der Waals surface area contributed by atoms with E-state index in [1.54, 1.807) is 21.7 Å². The first-order valence-corrected chi connectivity index (χ1v) is 12.6. The molecular formula is C21H28N4O3S2. The molecule has 2 aromatic rings. The average Bonchev–Trinajstić information content (AvgIpc) is 3.46. The SMILES string of the molecule is CN(CCc1ccc(C2=NCCN2)cc1)C(=O)CCCNCS(=O)(=O)c1ccsc1. The van der Waals surface area contributed by atoms with E-state index in [1.165, 1.54) is 16.9 Å². The number of nitrogens with one attached hydrogen (secondary N) is 2. The van der Waals surface area contributed by atoms with Crippen LogP contribution in [0.5, 0.6) is 0 Å². The number of sulfone groups is 1. The number of carbonyl (C=O) groups is 1. The van der Waals surface area contributed by atoms with Crippen LogP contribution in [0.25, 0.3) is 0 Å². The summed E-state index contributed by atoms with van der Waals surface area (Å²) >= 11 is 1.36. The van der Waals surface area contributed by atoms with Gasteiger partial charge in [0, 0.05) is 37.5 Å². The Hall–Kier alpha value is -2.23. The van der Waals surface area contributed by atoms with Gasteiger partial charge < -0.3 is 15.5 Å². The van der Waals surface area contributed by atoms with Crippen LogP contribution in [0.3, 0.4) is 0 Å². The molecule has 0 aliphatic carbocycles. The second-order valence-electron chi connectivity index (χ2n) is 7.24. The number of aliphatic imine (C=N–C) groups is 1. The molecular weight excluding hydrogens is 420 g/mol. The van der Waals surface area contributed by atoms with Crippen LogP contribution in [-0.2, 0) is 21.1 Å². The lowest BCUT2D eigenvalue weighted by Gasteiger charge is -2.17. The first-order chi connectivity index (χ1) is 14.5. The van der Waals surface area contributed by atoms with Crippen LogP contribution in [0.1, 0.15) is 24.0 Å². The smallest absolute Gasteiger partial charge is 0.222 e. The molecule has 2 heterocycles. The minimum Gasteiger partial charge on any atom is -0.368 e. The number of nitrogens with zero attached hydrogens (tertiary/aromatic N) is 2. The summed E-state index contributed by atoms with van der Waals surface area (Å²) in [5.74, 6) is 0.912. The second kappa shape index (κ2) is 10.7. The van der Waals surface area contributed by atoms with Gasteiger partial charge in [0.1, 0.15) is 11.7 Å². The molecule has 162 valence electrons. The highest BCUT2D eigenvalue weighted by molar-refractivity contribution is 7.91. The van der Waals surface area contributed by atoms with Crippen LogP contribution in [0, 0.1) is 0 Å². The first-order valence-electron chi connectivity index (χ1n) is 10.0. The standard InChI is InChI=1S/C21H28N4O3S2/c1-25(13-8-17-4-6-18(7-5-17)21-23-11-12-24-21)20(26)3-2-10-22-16-30(27,28)19-9-14-29-15-19/h4-7,9,14-15,22H,2-3,8,10-13,16H2,1H3,(H,23,24). The topological polar surface area (TPSA) is 90.9 Å². The molecule has 0 radical (unpaired) electrons. The van der Waals surface area contributed by atoms with Crippen LogP contribution in [0.4, 0.5) is 0 Å². The maximum atomic E-state index is 12.3. The van der Waals surface area contributed by atoms with Crippen molar-refractivity contribution in [2.24, 2.45) is 4.99 Å². The maximum absolute atomic E-state index is 12.3. The van der Waals surface area contributed by atoms with Gasteiger partial charge in [0.15, 0.2) is 9.84 Å². The molecule has 1 amide bonds. The number of hydrogen-bond acceptors (Lipinski definition) is 7. The highest BCUT2D eigenvalue weighted by Gasteiger charge is 2.14. The molecule has 0 bridgehead atoms. The average molecular weight is 449 g/mol. The summed E-state index contributed by atoms with van der Waals surface area (Å²) in [7, 11) is -1.48. The van der Waals surface area contributed by atoms with Crippen molar-refractivity contribution in [2.45, 2.75) is 24.2 Å². The fourth-order valence-corrected chi connectivity index (χ4v) is 5.33. The van der Waals surface area contributed by atoms with E-state index in [2.05, 4.69) is 39.9 Å². The van der Waals surface area contributed by atoms with E-state index in [-0.39, 0.29) is 11.8 Å². The van der Waals surface area contributed by atoms with Gasteiger partial charge in [-0.1, -0.05) is 24.3 Å². The molecule has 0 atom stereocenters. The van der Waals surface area contributed by atoms with Crippen LogP contribution < -0.4 is 10.6 Å². The summed E-state index contributed by atoms with van der Waals surface area (Å²) in [5.41, 5.74) is 2.27. The van der Waals surface area contributed by atoms with Crippen molar-refractivity contribution in [2.75, 3.05) is 39.1 Å². The van der Waals surface area contributed by atoms with Crippen LogP contribution >= 0.6 is 11.3 Å².